The summed E-state index contributed by atoms with van der Waals surface area (Å²) in [6.45, 7) is 0. The van der Waals surface area contributed by atoms with Crippen LogP contribution in [0, 0.1) is 5.82 Å². The molecule has 0 aliphatic rings. The number of fused-ring (bicyclic) bond motifs is 1. The van der Waals surface area contributed by atoms with E-state index in [2.05, 4.69) is 0 Å². The van der Waals surface area contributed by atoms with E-state index in [-0.39, 0.29) is 5.39 Å². The summed E-state index contributed by atoms with van der Waals surface area (Å²) in [5.74, 6) is -1.91. The Labute approximate surface area is 90.1 Å². The molecule has 0 spiro atoms. The number of pyridine rings is 1. The second kappa shape index (κ2) is 3.44. The van der Waals surface area contributed by atoms with E-state index >= 15 is 0 Å². The third-order valence-electron chi connectivity index (χ3n) is 2.49. The first-order valence-corrected chi connectivity index (χ1v) is 4.61. The first-order chi connectivity index (χ1) is 7.54. The normalized spacial score (nSPS) is 10.6. The highest BCUT2D eigenvalue weighted by Gasteiger charge is 2.18. The van der Waals surface area contributed by atoms with Gasteiger partial charge in [-0.1, -0.05) is 12.1 Å². The van der Waals surface area contributed by atoms with Crippen LogP contribution in [0.5, 0.6) is 0 Å². The minimum Gasteiger partial charge on any atom is -0.365 e. The van der Waals surface area contributed by atoms with E-state index in [0.717, 1.165) is 0 Å². The Bertz CT molecular complexity index is 646. The lowest BCUT2D eigenvalue weighted by atomic mass is 10.1. The van der Waals surface area contributed by atoms with Crippen molar-refractivity contribution in [2.24, 2.45) is 12.8 Å². The minimum atomic E-state index is -1.05. The number of nitrogens with two attached hydrogens (primary N) is 1. The van der Waals surface area contributed by atoms with E-state index in [1.165, 1.54) is 17.7 Å². The highest BCUT2D eigenvalue weighted by Crippen LogP contribution is 2.17. The average molecular weight is 220 g/mol. The molecule has 0 saturated carbocycles. The van der Waals surface area contributed by atoms with Crippen LogP contribution in [-0.2, 0) is 7.05 Å². The number of primary amides is 1. The van der Waals surface area contributed by atoms with E-state index in [1.807, 2.05) is 0 Å². The van der Waals surface area contributed by atoms with Gasteiger partial charge in [-0.05, 0) is 12.1 Å². The Morgan fingerprint density at radius 1 is 1.38 bits per heavy atom. The highest BCUT2D eigenvalue weighted by molar-refractivity contribution is 5.96. The number of hydrogen-bond donors (Lipinski definition) is 1. The minimum absolute atomic E-state index is 0.207. The molecule has 1 heterocycles. The van der Waals surface area contributed by atoms with Gasteiger partial charge in [-0.3, -0.25) is 9.59 Å². The number of nitrogens with zero attached hydrogens (tertiary/aromatic N) is 1. The van der Waals surface area contributed by atoms with E-state index in [4.69, 9.17) is 5.73 Å². The third-order valence-corrected chi connectivity index (χ3v) is 2.49. The van der Waals surface area contributed by atoms with Gasteiger partial charge in [-0.2, -0.15) is 0 Å². The van der Waals surface area contributed by atoms with Gasteiger partial charge in [0.2, 0.25) is 0 Å². The zero-order valence-electron chi connectivity index (χ0n) is 8.53. The van der Waals surface area contributed by atoms with E-state index in [1.54, 1.807) is 18.2 Å². The molecule has 1 aromatic heterocycles. The fourth-order valence-electron chi connectivity index (χ4n) is 1.67. The monoisotopic (exact) mass is 220 g/mol. The molecule has 4 nitrogen and oxygen atoms in total. The summed E-state index contributed by atoms with van der Waals surface area (Å²) >= 11 is 0. The van der Waals surface area contributed by atoms with E-state index < -0.39 is 22.8 Å². The molecule has 0 aliphatic heterocycles. The van der Waals surface area contributed by atoms with E-state index in [9.17, 15) is 14.0 Å². The summed E-state index contributed by atoms with van der Waals surface area (Å²) in [7, 11) is 1.47. The molecule has 0 aliphatic carbocycles. The van der Waals surface area contributed by atoms with Crippen LogP contribution in [0.2, 0.25) is 0 Å². The number of rotatable bonds is 1. The molecule has 82 valence electrons. The standard InChI is InChI=1S/C11H9FN2O2/c1-14-7-5-3-2-4-6(7)9(12)8(10(13)15)11(14)16/h2-5H,1H3,(H2,13,15). The third kappa shape index (κ3) is 1.29. The number of carbonyl (C=O) groups excluding carboxylic acids is 1. The van der Waals surface area contributed by atoms with Crippen LogP contribution in [-0.4, -0.2) is 10.5 Å². The van der Waals surface area contributed by atoms with E-state index in [0.29, 0.717) is 5.52 Å². The van der Waals surface area contributed by atoms with Crippen molar-refractivity contribution in [2.45, 2.75) is 0 Å². The number of benzene rings is 1. The molecule has 0 saturated heterocycles. The van der Waals surface area contributed by atoms with Crippen molar-refractivity contribution in [1.29, 1.82) is 0 Å². The molecule has 0 unspecified atom stereocenters. The van der Waals surface area contributed by atoms with Crippen LogP contribution in [0.1, 0.15) is 10.4 Å². The lowest BCUT2D eigenvalue weighted by Crippen LogP contribution is -2.30. The van der Waals surface area contributed by atoms with Crippen LogP contribution in [0.15, 0.2) is 29.1 Å². The quantitative estimate of drug-likeness (QED) is 0.771. The molecule has 2 aromatic rings. The van der Waals surface area contributed by atoms with Crippen molar-refractivity contribution in [3.63, 3.8) is 0 Å². The van der Waals surface area contributed by atoms with Gasteiger partial charge in [0.25, 0.3) is 11.5 Å². The maximum absolute atomic E-state index is 13.8. The summed E-state index contributed by atoms with van der Waals surface area (Å²) in [6.07, 6.45) is 0. The van der Waals surface area contributed by atoms with Crippen LogP contribution in [0.4, 0.5) is 4.39 Å². The van der Waals surface area contributed by atoms with Gasteiger partial charge in [0.05, 0.1) is 5.52 Å². The Morgan fingerprint density at radius 2 is 2.00 bits per heavy atom. The molecular weight excluding hydrogens is 211 g/mol. The van der Waals surface area contributed by atoms with Gasteiger partial charge in [-0.15, -0.1) is 0 Å². The second-order valence-electron chi connectivity index (χ2n) is 3.43. The number of para-hydroxylation sites is 1. The largest absolute Gasteiger partial charge is 0.365 e. The molecule has 2 N–H and O–H groups in total. The maximum Gasteiger partial charge on any atom is 0.266 e. The Kier molecular flexibility index (Phi) is 2.23. The molecule has 0 fully saturated rings. The molecule has 1 amide bonds. The highest BCUT2D eigenvalue weighted by atomic mass is 19.1. The SMILES string of the molecule is Cn1c(=O)c(C(N)=O)c(F)c2ccccc21. The van der Waals surface area contributed by atoms with Crippen molar-refractivity contribution in [3.05, 3.63) is 46.0 Å². The predicted molar refractivity (Wildman–Crippen MR) is 57.7 cm³/mol. The average Bonchev–Trinajstić information content (AvgIpc) is 2.26. The number of halogens is 1. The summed E-state index contributed by atoms with van der Waals surface area (Å²) in [4.78, 5) is 22.7. The molecule has 5 heteroatoms. The van der Waals surface area contributed by atoms with Crippen LogP contribution >= 0.6 is 0 Å². The number of hydrogen-bond acceptors (Lipinski definition) is 2. The summed E-state index contributed by atoms with van der Waals surface area (Å²) in [5.41, 5.74) is 4.09. The lowest BCUT2D eigenvalue weighted by Gasteiger charge is -2.08. The van der Waals surface area contributed by atoms with Crippen LogP contribution < -0.4 is 11.3 Å². The molecular formula is C11H9FN2O2. The number of carbonyl (C=O) groups is 1. The number of amides is 1. The van der Waals surface area contributed by atoms with Gasteiger partial charge in [0.15, 0.2) is 5.82 Å². The number of aryl methyl sites for hydroxylation is 1. The first-order valence-electron chi connectivity index (χ1n) is 4.61. The molecule has 0 bridgehead atoms. The zero-order valence-corrected chi connectivity index (χ0v) is 8.53. The van der Waals surface area contributed by atoms with Gasteiger partial charge in [0.1, 0.15) is 5.56 Å². The lowest BCUT2D eigenvalue weighted by molar-refractivity contribution is 0.0995. The second-order valence-corrected chi connectivity index (χ2v) is 3.43. The zero-order chi connectivity index (χ0) is 11.9. The summed E-state index contributed by atoms with van der Waals surface area (Å²) < 4.78 is 15.1. The summed E-state index contributed by atoms with van der Waals surface area (Å²) in [6, 6.07) is 6.41. The Balaban J connectivity index is 3.07. The van der Waals surface area contributed by atoms with Crippen molar-refractivity contribution in [1.82, 2.24) is 4.57 Å². The van der Waals surface area contributed by atoms with Gasteiger partial charge in [0, 0.05) is 12.4 Å². The van der Waals surface area contributed by atoms with Crippen molar-refractivity contribution in [3.8, 4) is 0 Å². The maximum atomic E-state index is 13.8. The summed E-state index contributed by atoms with van der Waals surface area (Å²) in [5, 5.41) is 0.207. The smallest absolute Gasteiger partial charge is 0.266 e. The van der Waals surface area contributed by atoms with Gasteiger partial charge in [-0.25, -0.2) is 4.39 Å². The fraction of sp³-hybridized carbons (Fsp3) is 0.0909. The fourth-order valence-corrected chi connectivity index (χ4v) is 1.67. The molecule has 2 rings (SSSR count). The van der Waals surface area contributed by atoms with Crippen LogP contribution in [0.25, 0.3) is 10.9 Å². The number of aromatic nitrogens is 1. The van der Waals surface area contributed by atoms with Crippen LogP contribution in [0.3, 0.4) is 0 Å². The first kappa shape index (κ1) is 10.4. The molecule has 0 atom stereocenters. The predicted octanol–water partition coefficient (Wildman–Crippen LogP) is 0.776. The van der Waals surface area contributed by atoms with Crippen molar-refractivity contribution >= 4 is 16.8 Å². The Morgan fingerprint density at radius 3 is 2.62 bits per heavy atom. The molecule has 0 radical (unpaired) electrons. The molecule has 16 heavy (non-hydrogen) atoms. The van der Waals surface area contributed by atoms with Crippen molar-refractivity contribution in [2.75, 3.05) is 0 Å². The molecule has 1 aromatic carbocycles. The van der Waals surface area contributed by atoms with Gasteiger partial charge >= 0.3 is 0 Å². The topological polar surface area (TPSA) is 65.1 Å². The van der Waals surface area contributed by atoms with Crippen molar-refractivity contribution < 1.29 is 9.18 Å². The Hall–Kier alpha value is -2.17. The van der Waals surface area contributed by atoms with Gasteiger partial charge < -0.3 is 10.3 Å².